The highest BCUT2D eigenvalue weighted by Gasteiger charge is 2.31. The Kier molecular flexibility index (Phi) is 6.35. The van der Waals surface area contributed by atoms with E-state index < -0.39 is 10.0 Å². The summed E-state index contributed by atoms with van der Waals surface area (Å²) in [6.07, 6.45) is 3.78. The van der Waals surface area contributed by atoms with Crippen LogP contribution in [-0.4, -0.2) is 54.8 Å². The molecular formula is C19H26N4O4S. The van der Waals surface area contributed by atoms with Gasteiger partial charge in [0.1, 0.15) is 5.75 Å². The van der Waals surface area contributed by atoms with Crippen LogP contribution in [0, 0.1) is 0 Å². The number of methoxy groups -OCH3 is 1. The molecule has 1 saturated heterocycles. The van der Waals surface area contributed by atoms with Crippen LogP contribution in [0.25, 0.3) is 0 Å². The van der Waals surface area contributed by atoms with Crippen molar-refractivity contribution in [3.05, 3.63) is 41.7 Å². The molecule has 1 atom stereocenters. The fraction of sp³-hybridized carbons (Fsp3) is 0.474. The summed E-state index contributed by atoms with van der Waals surface area (Å²) >= 11 is 0. The van der Waals surface area contributed by atoms with Crippen LogP contribution in [0.2, 0.25) is 0 Å². The second-order valence-corrected chi connectivity index (χ2v) is 8.98. The molecule has 0 saturated carbocycles. The van der Waals surface area contributed by atoms with E-state index in [1.807, 2.05) is 6.92 Å². The van der Waals surface area contributed by atoms with E-state index in [0.29, 0.717) is 36.5 Å². The van der Waals surface area contributed by atoms with E-state index in [0.717, 1.165) is 18.5 Å². The third-order valence-electron chi connectivity index (χ3n) is 4.92. The minimum atomic E-state index is -3.24. The Hall–Kier alpha value is -2.39. The molecule has 1 amide bonds. The molecule has 1 fully saturated rings. The number of nitrogens with one attached hydrogen (secondary N) is 2. The number of aromatic nitrogens is 2. The summed E-state index contributed by atoms with van der Waals surface area (Å²) < 4.78 is 31.5. The summed E-state index contributed by atoms with van der Waals surface area (Å²) in [7, 11) is -1.67. The molecule has 152 valence electrons. The monoisotopic (exact) mass is 406 g/mol. The van der Waals surface area contributed by atoms with Crippen LogP contribution in [-0.2, 0) is 10.0 Å². The normalized spacial score (nSPS) is 18.0. The van der Waals surface area contributed by atoms with Gasteiger partial charge in [-0.25, -0.2) is 12.7 Å². The number of piperidine rings is 1. The molecule has 2 aromatic rings. The van der Waals surface area contributed by atoms with Gasteiger partial charge in [0.15, 0.2) is 0 Å². The van der Waals surface area contributed by atoms with Gasteiger partial charge >= 0.3 is 0 Å². The fourth-order valence-electron chi connectivity index (χ4n) is 3.46. The van der Waals surface area contributed by atoms with Crippen LogP contribution in [0.3, 0.4) is 0 Å². The molecule has 0 aliphatic carbocycles. The SMILES string of the molecule is CCCS(=O)(=O)N1CCC[C@H](c2[nH]ncc2NC(=O)c2ccc(OC)cc2)C1. The number of amides is 1. The molecule has 0 radical (unpaired) electrons. The van der Waals surface area contributed by atoms with Crippen molar-refractivity contribution >= 4 is 21.6 Å². The van der Waals surface area contributed by atoms with Crippen molar-refractivity contribution in [2.24, 2.45) is 0 Å². The zero-order valence-corrected chi connectivity index (χ0v) is 17.0. The third kappa shape index (κ3) is 4.53. The van der Waals surface area contributed by atoms with Gasteiger partial charge in [-0.05, 0) is 43.5 Å². The predicted octanol–water partition coefficient (Wildman–Crippen LogP) is 2.59. The van der Waals surface area contributed by atoms with Gasteiger partial charge < -0.3 is 10.1 Å². The Morgan fingerprint density at radius 1 is 1.36 bits per heavy atom. The highest BCUT2D eigenvalue weighted by atomic mass is 32.2. The summed E-state index contributed by atoms with van der Waals surface area (Å²) in [6, 6.07) is 6.83. The first-order chi connectivity index (χ1) is 13.4. The van der Waals surface area contributed by atoms with Gasteiger partial charge in [-0.15, -0.1) is 0 Å². The maximum atomic E-state index is 12.6. The molecule has 1 aliphatic rings. The number of rotatable bonds is 7. The summed E-state index contributed by atoms with van der Waals surface area (Å²) in [5.74, 6) is 0.547. The Labute approximate surface area is 165 Å². The van der Waals surface area contributed by atoms with Crippen molar-refractivity contribution in [1.29, 1.82) is 0 Å². The summed E-state index contributed by atoms with van der Waals surface area (Å²) in [5.41, 5.74) is 1.85. The summed E-state index contributed by atoms with van der Waals surface area (Å²) in [5, 5.41) is 9.89. The van der Waals surface area contributed by atoms with E-state index in [-0.39, 0.29) is 17.6 Å². The number of aromatic amines is 1. The van der Waals surface area contributed by atoms with Gasteiger partial charge in [0.25, 0.3) is 5.91 Å². The molecule has 8 nitrogen and oxygen atoms in total. The van der Waals surface area contributed by atoms with Gasteiger partial charge in [0.2, 0.25) is 10.0 Å². The second-order valence-electron chi connectivity index (χ2n) is 6.89. The molecule has 2 N–H and O–H groups in total. The average molecular weight is 407 g/mol. The number of hydrogen-bond donors (Lipinski definition) is 2. The second kappa shape index (κ2) is 8.74. The summed E-state index contributed by atoms with van der Waals surface area (Å²) in [6.45, 7) is 2.80. The number of sulfonamides is 1. The van der Waals surface area contributed by atoms with Gasteiger partial charge in [-0.2, -0.15) is 5.10 Å². The van der Waals surface area contributed by atoms with Crippen LogP contribution < -0.4 is 10.1 Å². The number of H-pyrrole nitrogens is 1. The number of ether oxygens (including phenoxy) is 1. The molecule has 1 aliphatic heterocycles. The molecule has 28 heavy (non-hydrogen) atoms. The first-order valence-electron chi connectivity index (χ1n) is 9.41. The average Bonchev–Trinajstić information content (AvgIpc) is 3.16. The first-order valence-corrected chi connectivity index (χ1v) is 11.0. The first kappa shape index (κ1) is 20.3. The minimum absolute atomic E-state index is 0.0333. The minimum Gasteiger partial charge on any atom is -0.497 e. The van der Waals surface area contributed by atoms with Crippen LogP contribution >= 0.6 is 0 Å². The van der Waals surface area contributed by atoms with Crippen LogP contribution in [0.1, 0.15) is 48.2 Å². The largest absolute Gasteiger partial charge is 0.497 e. The molecule has 0 spiro atoms. The van der Waals surface area contributed by atoms with Gasteiger partial charge in [0, 0.05) is 24.6 Å². The van der Waals surface area contributed by atoms with E-state index in [2.05, 4.69) is 15.5 Å². The molecule has 9 heteroatoms. The van der Waals surface area contributed by atoms with E-state index in [4.69, 9.17) is 4.74 Å². The van der Waals surface area contributed by atoms with E-state index in [1.165, 1.54) is 0 Å². The van der Waals surface area contributed by atoms with Crippen LogP contribution in [0.5, 0.6) is 5.75 Å². The zero-order chi connectivity index (χ0) is 20.1. The van der Waals surface area contributed by atoms with Gasteiger partial charge in [-0.3, -0.25) is 9.89 Å². The quantitative estimate of drug-likeness (QED) is 0.735. The van der Waals surface area contributed by atoms with Gasteiger partial charge in [0.05, 0.1) is 30.4 Å². The summed E-state index contributed by atoms with van der Waals surface area (Å²) in [4.78, 5) is 12.6. The lowest BCUT2D eigenvalue weighted by Crippen LogP contribution is -2.40. The predicted molar refractivity (Wildman–Crippen MR) is 107 cm³/mol. The number of anilines is 1. The highest BCUT2D eigenvalue weighted by molar-refractivity contribution is 7.89. The van der Waals surface area contributed by atoms with Crippen LogP contribution in [0.15, 0.2) is 30.5 Å². The lowest BCUT2D eigenvalue weighted by atomic mass is 9.95. The molecule has 0 bridgehead atoms. The number of carbonyl (C=O) groups is 1. The zero-order valence-electron chi connectivity index (χ0n) is 16.1. The Morgan fingerprint density at radius 2 is 2.11 bits per heavy atom. The molecule has 3 rings (SSSR count). The Bertz CT molecular complexity index is 908. The fourth-order valence-corrected chi connectivity index (χ4v) is 5.05. The van der Waals surface area contributed by atoms with Crippen LogP contribution in [0.4, 0.5) is 5.69 Å². The Morgan fingerprint density at radius 3 is 2.79 bits per heavy atom. The van der Waals surface area contributed by atoms with Gasteiger partial charge in [-0.1, -0.05) is 6.92 Å². The lowest BCUT2D eigenvalue weighted by Gasteiger charge is -2.31. The number of hydrogen-bond acceptors (Lipinski definition) is 5. The highest BCUT2D eigenvalue weighted by Crippen LogP contribution is 2.31. The maximum Gasteiger partial charge on any atom is 0.255 e. The van der Waals surface area contributed by atoms with Crippen molar-refractivity contribution < 1.29 is 17.9 Å². The molecule has 2 heterocycles. The van der Waals surface area contributed by atoms with E-state index in [1.54, 1.807) is 41.9 Å². The topological polar surface area (TPSA) is 104 Å². The molecule has 1 aromatic heterocycles. The number of benzene rings is 1. The number of carbonyl (C=O) groups excluding carboxylic acids is 1. The van der Waals surface area contributed by atoms with Crippen molar-refractivity contribution in [2.45, 2.75) is 32.1 Å². The maximum absolute atomic E-state index is 12.6. The number of nitrogens with zero attached hydrogens (tertiary/aromatic N) is 2. The van der Waals surface area contributed by atoms with Crippen molar-refractivity contribution in [1.82, 2.24) is 14.5 Å². The standard InChI is InChI=1S/C19H26N4O4S/c1-3-11-28(25,26)23-10-4-5-15(13-23)18-17(12-20-22-18)21-19(24)14-6-8-16(27-2)9-7-14/h6-9,12,15H,3-5,10-11,13H2,1-2H3,(H,20,22)(H,21,24)/t15-/m0/s1. The molecule has 1 aromatic carbocycles. The smallest absolute Gasteiger partial charge is 0.255 e. The molecule has 0 unspecified atom stereocenters. The Balaban J connectivity index is 1.73. The van der Waals surface area contributed by atoms with Crippen molar-refractivity contribution in [2.75, 3.05) is 31.3 Å². The lowest BCUT2D eigenvalue weighted by molar-refractivity contribution is 0.102. The van der Waals surface area contributed by atoms with Crippen molar-refractivity contribution in [3.63, 3.8) is 0 Å². The van der Waals surface area contributed by atoms with E-state index in [9.17, 15) is 13.2 Å². The van der Waals surface area contributed by atoms with Crippen molar-refractivity contribution in [3.8, 4) is 5.75 Å². The van der Waals surface area contributed by atoms with E-state index >= 15 is 0 Å². The third-order valence-corrected chi connectivity index (χ3v) is 6.96. The molecular weight excluding hydrogens is 380 g/mol.